The van der Waals surface area contributed by atoms with Crippen LogP contribution in [0.3, 0.4) is 0 Å². The third-order valence-corrected chi connectivity index (χ3v) is 4.92. The molecule has 0 atom stereocenters. The standard InChI is InChI=1S/C20H27NO3S/c1-5-16-9-11-25-19(16)20(22)21-13-15-6-7-17(18(12-15)23-4)24-10-8-14(2)3/h6-7,9,11-12,14H,5,8,10,13H2,1-4H3,(H,21,22). The van der Waals surface area contributed by atoms with Crippen molar-refractivity contribution in [1.82, 2.24) is 5.32 Å². The molecular weight excluding hydrogens is 334 g/mol. The Bertz CT molecular complexity index is 694. The number of benzene rings is 1. The molecule has 5 heteroatoms. The van der Waals surface area contributed by atoms with E-state index in [9.17, 15) is 4.79 Å². The first-order chi connectivity index (χ1) is 12.0. The number of ether oxygens (including phenoxy) is 2. The van der Waals surface area contributed by atoms with Crippen molar-refractivity contribution in [2.24, 2.45) is 5.92 Å². The summed E-state index contributed by atoms with van der Waals surface area (Å²) < 4.78 is 11.2. The number of carbonyl (C=O) groups is 1. The van der Waals surface area contributed by atoms with Crippen LogP contribution in [0.1, 0.15) is 48.0 Å². The largest absolute Gasteiger partial charge is 0.493 e. The van der Waals surface area contributed by atoms with E-state index < -0.39 is 0 Å². The first-order valence-electron chi connectivity index (χ1n) is 8.69. The number of hydrogen-bond donors (Lipinski definition) is 1. The van der Waals surface area contributed by atoms with Gasteiger partial charge in [0, 0.05) is 6.54 Å². The van der Waals surface area contributed by atoms with Gasteiger partial charge in [0.25, 0.3) is 5.91 Å². The lowest BCUT2D eigenvalue weighted by Gasteiger charge is -2.13. The van der Waals surface area contributed by atoms with Crippen LogP contribution in [0.25, 0.3) is 0 Å². The highest BCUT2D eigenvalue weighted by Gasteiger charge is 2.12. The van der Waals surface area contributed by atoms with Gasteiger partial charge in [-0.15, -0.1) is 11.3 Å². The van der Waals surface area contributed by atoms with Gasteiger partial charge in [-0.05, 0) is 53.5 Å². The van der Waals surface area contributed by atoms with Gasteiger partial charge in [0.05, 0.1) is 18.6 Å². The summed E-state index contributed by atoms with van der Waals surface area (Å²) in [6.45, 7) is 7.53. The van der Waals surface area contributed by atoms with Crippen molar-refractivity contribution in [1.29, 1.82) is 0 Å². The summed E-state index contributed by atoms with van der Waals surface area (Å²) in [4.78, 5) is 13.1. The van der Waals surface area contributed by atoms with Gasteiger partial charge >= 0.3 is 0 Å². The van der Waals surface area contributed by atoms with Gasteiger partial charge < -0.3 is 14.8 Å². The number of rotatable bonds is 9. The van der Waals surface area contributed by atoms with Crippen molar-refractivity contribution >= 4 is 17.2 Å². The molecule has 0 aliphatic rings. The SMILES string of the molecule is CCc1ccsc1C(=O)NCc1ccc(OCCC(C)C)c(OC)c1. The van der Waals surface area contributed by atoms with Gasteiger partial charge in [-0.2, -0.15) is 0 Å². The third-order valence-electron chi connectivity index (χ3n) is 3.97. The van der Waals surface area contributed by atoms with E-state index >= 15 is 0 Å². The van der Waals surface area contributed by atoms with Crippen molar-refractivity contribution in [3.63, 3.8) is 0 Å². The van der Waals surface area contributed by atoms with E-state index in [2.05, 4.69) is 26.1 Å². The van der Waals surface area contributed by atoms with Crippen molar-refractivity contribution in [2.75, 3.05) is 13.7 Å². The Hall–Kier alpha value is -2.01. The molecule has 1 aromatic heterocycles. The van der Waals surface area contributed by atoms with Crippen LogP contribution in [-0.2, 0) is 13.0 Å². The van der Waals surface area contributed by atoms with Crippen LogP contribution in [0.5, 0.6) is 11.5 Å². The fraction of sp³-hybridized carbons (Fsp3) is 0.450. The Labute approximate surface area is 154 Å². The minimum atomic E-state index is -0.0249. The quantitative estimate of drug-likeness (QED) is 0.706. The van der Waals surface area contributed by atoms with Crippen LogP contribution in [-0.4, -0.2) is 19.6 Å². The molecular formula is C20H27NO3S. The zero-order valence-corrected chi connectivity index (χ0v) is 16.2. The predicted molar refractivity (Wildman–Crippen MR) is 103 cm³/mol. The van der Waals surface area contributed by atoms with Crippen LogP contribution < -0.4 is 14.8 Å². The van der Waals surface area contributed by atoms with Crippen LogP contribution in [0.2, 0.25) is 0 Å². The summed E-state index contributed by atoms with van der Waals surface area (Å²) in [7, 11) is 1.63. The monoisotopic (exact) mass is 361 g/mol. The Morgan fingerprint density at radius 2 is 2.04 bits per heavy atom. The predicted octanol–water partition coefficient (Wildman–Crippen LogP) is 4.67. The molecule has 1 heterocycles. The number of thiophene rings is 1. The highest BCUT2D eigenvalue weighted by molar-refractivity contribution is 7.12. The average molecular weight is 362 g/mol. The maximum absolute atomic E-state index is 12.3. The first-order valence-corrected chi connectivity index (χ1v) is 9.57. The van der Waals surface area contributed by atoms with E-state index in [4.69, 9.17) is 9.47 Å². The summed E-state index contributed by atoms with van der Waals surface area (Å²) in [5.41, 5.74) is 2.07. The zero-order valence-electron chi connectivity index (χ0n) is 15.4. The van der Waals surface area contributed by atoms with Gasteiger partial charge in [-0.3, -0.25) is 4.79 Å². The number of amides is 1. The van der Waals surface area contributed by atoms with Crippen LogP contribution >= 0.6 is 11.3 Å². The molecule has 4 nitrogen and oxygen atoms in total. The number of carbonyl (C=O) groups excluding carboxylic acids is 1. The van der Waals surface area contributed by atoms with E-state index in [0.29, 0.717) is 24.8 Å². The molecule has 0 saturated carbocycles. The molecule has 0 unspecified atom stereocenters. The second-order valence-electron chi connectivity index (χ2n) is 6.33. The normalized spacial score (nSPS) is 10.8. The maximum Gasteiger partial charge on any atom is 0.261 e. The summed E-state index contributed by atoms with van der Waals surface area (Å²) in [5, 5.41) is 4.94. The van der Waals surface area contributed by atoms with E-state index in [1.54, 1.807) is 7.11 Å². The Kier molecular flexibility index (Phi) is 7.31. The maximum atomic E-state index is 12.3. The van der Waals surface area contributed by atoms with Gasteiger partial charge in [-0.25, -0.2) is 0 Å². The highest BCUT2D eigenvalue weighted by atomic mass is 32.1. The van der Waals surface area contributed by atoms with Gasteiger partial charge in [0.2, 0.25) is 0 Å². The molecule has 0 radical (unpaired) electrons. The molecule has 0 aliphatic carbocycles. The smallest absolute Gasteiger partial charge is 0.261 e. The third kappa shape index (κ3) is 5.49. The molecule has 25 heavy (non-hydrogen) atoms. The summed E-state index contributed by atoms with van der Waals surface area (Å²) in [6, 6.07) is 7.79. The molecule has 0 bridgehead atoms. The van der Waals surface area contributed by atoms with E-state index in [-0.39, 0.29) is 5.91 Å². The molecule has 0 spiro atoms. The van der Waals surface area contributed by atoms with Gasteiger partial charge in [-0.1, -0.05) is 26.8 Å². The fourth-order valence-corrected chi connectivity index (χ4v) is 3.33. The minimum absolute atomic E-state index is 0.0249. The van der Waals surface area contributed by atoms with E-state index in [0.717, 1.165) is 34.6 Å². The lowest BCUT2D eigenvalue weighted by molar-refractivity contribution is 0.0954. The Balaban J connectivity index is 1.97. The molecule has 1 aromatic carbocycles. The topological polar surface area (TPSA) is 47.6 Å². The van der Waals surface area contributed by atoms with Crippen LogP contribution in [0.4, 0.5) is 0 Å². The highest BCUT2D eigenvalue weighted by Crippen LogP contribution is 2.28. The molecule has 0 saturated heterocycles. The van der Waals surface area contributed by atoms with E-state index in [1.165, 1.54) is 11.3 Å². The zero-order chi connectivity index (χ0) is 18.2. The van der Waals surface area contributed by atoms with Gasteiger partial charge in [0.15, 0.2) is 11.5 Å². The Morgan fingerprint density at radius 1 is 1.24 bits per heavy atom. The van der Waals surface area contributed by atoms with Crippen molar-refractivity contribution < 1.29 is 14.3 Å². The second kappa shape index (κ2) is 9.47. The van der Waals surface area contributed by atoms with Gasteiger partial charge in [0.1, 0.15) is 0 Å². The lowest BCUT2D eigenvalue weighted by Crippen LogP contribution is -2.22. The molecule has 0 fully saturated rings. The Morgan fingerprint density at radius 3 is 2.72 bits per heavy atom. The number of nitrogens with one attached hydrogen (secondary N) is 1. The minimum Gasteiger partial charge on any atom is -0.493 e. The summed E-state index contributed by atoms with van der Waals surface area (Å²) in [5.74, 6) is 2.01. The number of hydrogen-bond acceptors (Lipinski definition) is 4. The second-order valence-corrected chi connectivity index (χ2v) is 7.24. The lowest BCUT2D eigenvalue weighted by atomic mass is 10.1. The summed E-state index contributed by atoms with van der Waals surface area (Å²) >= 11 is 1.48. The first kappa shape index (κ1) is 19.3. The summed E-state index contributed by atoms with van der Waals surface area (Å²) in [6.07, 6.45) is 1.87. The van der Waals surface area contributed by atoms with Crippen LogP contribution in [0.15, 0.2) is 29.6 Å². The van der Waals surface area contributed by atoms with Crippen LogP contribution in [0, 0.1) is 5.92 Å². The number of methoxy groups -OCH3 is 1. The van der Waals surface area contributed by atoms with Crippen molar-refractivity contribution in [2.45, 2.75) is 40.2 Å². The molecule has 1 amide bonds. The molecule has 0 aliphatic heterocycles. The fourth-order valence-electron chi connectivity index (χ4n) is 2.42. The molecule has 2 rings (SSSR count). The molecule has 136 valence electrons. The number of aryl methyl sites for hydroxylation is 1. The molecule has 2 aromatic rings. The van der Waals surface area contributed by atoms with Crippen molar-refractivity contribution in [3.05, 3.63) is 45.6 Å². The van der Waals surface area contributed by atoms with E-state index in [1.807, 2.05) is 29.6 Å². The van der Waals surface area contributed by atoms with Crippen molar-refractivity contribution in [3.8, 4) is 11.5 Å². The average Bonchev–Trinajstić information content (AvgIpc) is 3.08. The molecule has 1 N–H and O–H groups in total.